The molecule has 2 heterocycles. The molecule has 3 rings (SSSR count). The van der Waals surface area contributed by atoms with Gasteiger partial charge in [0.2, 0.25) is 5.91 Å². The molecule has 8 heteroatoms. The van der Waals surface area contributed by atoms with Gasteiger partial charge in [-0.1, -0.05) is 19.1 Å². The van der Waals surface area contributed by atoms with E-state index >= 15 is 0 Å². The van der Waals surface area contributed by atoms with Gasteiger partial charge in [0.05, 0.1) is 12.5 Å². The highest BCUT2D eigenvalue weighted by Crippen LogP contribution is 2.22. The van der Waals surface area contributed by atoms with Crippen LogP contribution in [0.3, 0.4) is 0 Å². The van der Waals surface area contributed by atoms with Crippen molar-refractivity contribution in [2.45, 2.75) is 19.9 Å². The van der Waals surface area contributed by atoms with E-state index in [0.29, 0.717) is 18.1 Å². The van der Waals surface area contributed by atoms with Crippen LogP contribution in [-0.2, 0) is 17.8 Å². The van der Waals surface area contributed by atoms with E-state index in [-0.39, 0.29) is 17.6 Å². The lowest BCUT2D eigenvalue weighted by Crippen LogP contribution is -2.24. The molecular formula is C16H16FN5OS. The second kappa shape index (κ2) is 7.31. The molecule has 0 aliphatic rings. The van der Waals surface area contributed by atoms with Crippen LogP contribution in [-0.4, -0.2) is 25.7 Å². The van der Waals surface area contributed by atoms with Gasteiger partial charge in [-0.3, -0.25) is 9.48 Å². The standard InChI is InChI=1S/C16H16FN5OS/c1-11(8-22-10-18-9-20-22)15(23)21-16-19-7-14(24-16)6-12-2-4-13(17)5-3-12/h2-5,7,9-11H,6,8H2,1H3,(H,19,21,23). The zero-order valence-corrected chi connectivity index (χ0v) is 13.8. The molecule has 6 nitrogen and oxygen atoms in total. The van der Waals surface area contributed by atoms with Crippen LogP contribution in [0.2, 0.25) is 0 Å². The van der Waals surface area contributed by atoms with Crippen molar-refractivity contribution in [2.75, 3.05) is 5.32 Å². The monoisotopic (exact) mass is 345 g/mol. The van der Waals surface area contributed by atoms with Crippen LogP contribution in [0.4, 0.5) is 9.52 Å². The summed E-state index contributed by atoms with van der Waals surface area (Å²) in [7, 11) is 0. The van der Waals surface area contributed by atoms with Crippen LogP contribution < -0.4 is 5.32 Å². The summed E-state index contributed by atoms with van der Waals surface area (Å²) in [5, 5.41) is 7.36. The van der Waals surface area contributed by atoms with Crippen LogP contribution in [0.15, 0.2) is 43.1 Å². The molecule has 1 atom stereocenters. The Morgan fingerprint density at radius 2 is 2.17 bits per heavy atom. The van der Waals surface area contributed by atoms with E-state index in [2.05, 4.69) is 20.4 Å². The molecule has 0 aliphatic carbocycles. The molecule has 0 bridgehead atoms. The van der Waals surface area contributed by atoms with E-state index in [4.69, 9.17) is 0 Å². The highest BCUT2D eigenvalue weighted by atomic mass is 32.1. The minimum atomic E-state index is -0.254. The summed E-state index contributed by atoms with van der Waals surface area (Å²) in [5.74, 6) is -0.623. The van der Waals surface area contributed by atoms with E-state index < -0.39 is 0 Å². The van der Waals surface area contributed by atoms with Crippen molar-refractivity contribution in [3.05, 3.63) is 59.4 Å². The van der Waals surface area contributed by atoms with Gasteiger partial charge in [-0.2, -0.15) is 5.10 Å². The molecule has 2 aromatic heterocycles. The molecule has 0 fully saturated rings. The summed E-state index contributed by atoms with van der Waals surface area (Å²) in [6.45, 7) is 2.28. The van der Waals surface area contributed by atoms with Crippen molar-refractivity contribution in [3.8, 4) is 0 Å². The highest BCUT2D eigenvalue weighted by molar-refractivity contribution is 7.15. The molecule has 3 aromatic rings. The van der Waals surface area contributed by atoms with Crippen LogP contribution in [0.1, 0.15) is 17.4 Å². The van der Waals surface area contributed by atoms with Gasteiger partial charge in [-0.15, -0.1) is 11.3 Å². The van der Waals surface area contributed by atoms with Gasteiger partial charge < -0.3 is 5.32 Å². The lowest BCUT2D eigenvalue weighted by Gasteiger charge is -2.09. The quantitative estimate of drug-likeness (QED) is 0.745. The Kier molecular flexibility index (Phi) is 4.95. The number of nitrogens with zero attached hydrogens (tertiary/aromatic N) is 4. The number of nitrogens with one attached hydrogen (secondary N) is 1. The number of hydrogen-bond donors (Lipinski definition) is 1. The minimum absolute atomic E-state index is 0.117. The normalized spacial score (nSPS) is 12.1. The van der Waals surface area contributed by atoms with Crippen molar-refractivity contribution >= 4 is 22.4 Å². The zero-order valence-electron chi connectivity index (χ0n) is 13.0. The van der Waals surface area contributed by atoms with Crippen LogP contribution in [0.25, 0.3) is 0 Å². The van der Waals surface area contributed by atoms with Crippen molar-refractivity contribution in [2.24, 2.45) is 5.92 Å². The number of amides is 1. The molecule has 1 unspecified atom stereocenters. The Labute approximate surface area is 142 Å². The number of halogens is 1. The summed E-state index contributed by atoms with van der Waals surface area (Å²) >= 11 is 1.41. The first-order chi connectivity index (χ1) is 11.6. The number of rotatable bonds is 6. The zero-order chi connectivity index (χ0) is 16.9. The largest absolute Gasteiger partial charge is 0.302 e. The molecule has 1 aromatic carbocycles. The molecule has 24 heavy (non-hydrogen) atoms. The maximum absolute atomic E-state index is 12.9. The minimum Gasteiger partial charge on any atom is -0.302 e. The SMILES string of the molecule is CC(Cn1cncn1)C(=O)Nc1ncc(Cc2ccc(F)cc2)s1. The van der Waals surface area contributed by atoms with Gasteiger partial charge in [0.1, 0.15) is 18.5 Å². The predicted octanol–water partition coefficient (Wildman–Crippen LogP) is 2.74. The number of aromatic nitrogens is 4. The van der Waals surface area contributed by atoms with Gasteiger partial charge >= 0.3 is 0 Å². The maximum Gasteiger partial charge on any atom is 0.230 e. The average molecular weight is 345 g/mol. The highest BCUT2D eigenvalue weighted by Gasteiger charge is 2.15. The Morgan fingerprint density at radius 3 is 2.88 bits per heavy atom. The first-order valence-electron chi connectivity index (χ1n) is 7.42. The maximum atomic E-state index is 12.9. The number of benzene rings is 1. The summed E-state index contributed by atoms with van der Waals surface area (Å²) in [6, 6.07) is 6.36. The fourth-order valence-electron chi connectivity index (χ4n) is 2.17. The fourth-order valence-corrected chi connectivity index (χ4v) is 3.02. The molecule has 0 radical (unpaired) electrons. The lowest BCUT2D eigenvalue weighted by atomic mass is 10.1. The first-order valence-corrected chi connectivity index (χ1v) is 8.24. The van der Waals surface area contributed by atoms with Crippen LogP contribution in [0.5, 0.6) is 0 Å². The Balaban J connectivity index is 1.57. The third kappa shape index (κ3) is 4.23. The van der Waals surface area contributed by atoms with Crippen molar-refractivity contribution < 1.29 is 9.18 Å². The van der Waals surface area contributed by atoms with Crippen LogP contribution in [0, 0.1) is 11.7 Å². The third-order valence-electron chi connectivity index (χ3n) is 3.45. The lowest BCUT2D eigenvalue weighted by molar-refractivity contribution is -0.119. The number of anilines is 1. The van der Waals surface area contributed by atoms with E-state index in [0.717, 1.165) is 10.4 Å². The van der Waals surface area contributed by atoms with E-state index in [1.165, 1.54) is 29.8 Å². The average Bonchev–Trinajstić information content (AvgIpc) is 3.22. The smallest absolute Gasteiger partial charge is 0.230 e. The molecule has 0 saturated heterocycles. The fraction of sp³-hybridized carbons (Fsp3) is 0.250. The third-order valence-corrected chi connectivity index (χ3v) is 4.36. The van der Waals surface area contributed by atoms with Gasteiger partial charge in [0, 0.05) is 17.5 Å². The molecular weight excluding hydrogens is 329 g/mol. The number of carbonyl (C=O) groups excluding carboxylic acids is 1. The Hall–Kier alpha value is -2.61. The van der Waals surface area contributed by atoms with Gasteiger partial charge in [-0.05, 0) is 17.7 Å². The second-order valence-corrected chi connectivity index (χ2v) is 6.56. The first kappa shape index (κ1) is 16.3. The summed E-state index contributed by atoms with van der Waals surface area (Å²) < 4.78 is 14.5. The molecule has 124 valence electrons. The van der Waals surface area contributed by atoms with E-state index in [9.17, 15) is 9.18 Å². The molecule has 1 N–H and O–H groups in total. The second-order valence-electron chi connectivity index (χ2n) is 5.44. The molecule has 1 amide bonds. The van der Waals surface area contributed by atoms with Crippen LogP contribution >= 0.6 is 11.3 Å². The molecule has 0 spiro atoms. The number of hydrogen-bond acceptors (Lipinski definition) is 5. The van der Waals surface area contributed by atoms with Gasteiger partial charge in [0.15, 0.2) is 5.13 Å². The topological polar surface area (TPSA) is 72.7 Å². The summed E-state index contributed by atoms with van der Waals surface area (Å²) in [4.78, 5) is 21.3. The number of carbonyl (C=O) groups is 1. The van der Waals surface area contributed by atoms with Gasteiger partial charge in [-0.25, -0.2) is 14.4 Å². The number of thiazole rings is 1. The van der Waals surface area contributed by atoms with E-state index in [1.807, 2.05) is 6.92 Å². The van der Waals surface area contributed by atoms with Crippen molar-refractivity contribution in [1.29, 1.82) is 0 Å². The Bertz CT molecular complexity index is 800. The molecule has 0 aliphatic heterocycles. The predicted molar refractivity (Wildman–Crippen MR) is 89.1 cm³/mol. The molecule has 0 saturated carbocycles. The van der Waals surface area contributed by atoms with Gasteiger partial charge in [0.25, 0.3) is 0 Å². The Morgan fingerprint density at radius 1 is 1.38 bits per heavy atom. The van der Waals surface area contributed by atoms with Crippen molar-refractivity contribution in [1.82, 2.24) is 19.7 Å². The van der Waals surface area contributed by atoms with Crippen molar-refractivity contribution in [3.63, 3.8) is 0 Å². The summed E-state index contributed by atoms with van der Waals surface area (Å²) in [5.41, 5.74) is 0.998. The van der Waals surface area contributed by atoms with E-state index in [1.54, 1.807) is 29.3 Å². The summed E-state index contributed by atoms with van der Waals surface area (Å²) in [6.07, 6.45) is 5.40.